The summed E-state index contributed by atoms with van der Waals surface area (Å²) in [6.07, 6.45) is 10.9. The van der Waals surface area contributed by atoms with Gasteiger partial charge in [-0.15, -0.1) is 0 Å². The number of hydrogen-bond acceptors (Lipinski definition) is 12. The van der Waals surface area contributed by atoms with Gasteiger partial charge in [-0.2, -0.15) is 8.61 Å². The average Bonchev–Trinajstić information content (AvgIpc) is 1.32. The van der Waals surface area contributed by atoms with Gasteiger partial charge >= 0.3 is 0 Å². The summed E-state index contributed by atoms with van der Waals surface area (Å²) in [6, 6.07) is 37.9. The third kappa shape index (κ3) is 16.8. The number of rotatable bonds is 22. The first-order chi connectivity index (χ1) is 50.8. The number of anilines is 2. The van der Waals surface area contributed by atoms with Gasteiger partial charge in [0.25, 0.3) is 11.8 Å². The normalized spacial score (nSPS) is 16.8. The number of hydrogen-bond donors (Lipinski definition) is 4. The summed E-state index contributed by atoms with van der Waals surface area (Å²) in [6.45, 7) is -1.11. The Morgan fingerprint density at radius 3 is 1.23 bits per heavy atom. The van der Waals surface area contributed by atoms with E-state index in [1.165, 1.54) is 47.5 Å². The number of phenolic OH excluding ortho intramolecular Hbond substituents is 1. The Bertz CT molecular complexity index is 4740. The van der Waals surface area contributed by atoms with Crippen molar-refractivity contribution in [2.75, 3.05) is 22.9 Å². The quantitative estimate of drug-likeness (QED) is 0.0163. The second-order valence-electron chi connectivity index (χ2n) is 26.2. The molecule has 2 saturated carbocycles. The van der Waals surface area contributed by atoms with Crippen LogP contribution in [0.25, 0.3) is 0 Å². The lowest BCUT2D eigenvalue weighted by molar-refractivity contribution is -0.122. The highest BCUT2D eigenvalue weighted by atomic mass is 32.2. The zero-order valence-electron chi connectivity index (χ0n) is 56.7. The van der Waals surface area contributed by atoms with Crippen molar-refractivity contribution in [2.24, 2.45) is 0 Å². The molecule has 4 N–H and O–H groups in total. The molecule has 560 valence electrons. The predicted molar refractivity (Wildman–Crippen MR) is 366 cm³/mol. The maximum atomic E-state index is 15.0. The summed E-state index contributed by atoms with van der Waals surface area (Å²) in [4.78, 5) is 58.1. The van der Waals surface area contributed by atoms with Crippen LogP contribution >= 0.6 is 0 Å². The molecule has 0 bridgehead atoms. The van der Waals surface area contributed by atoms with Crippen LogP contribution in [-0.2, 0) is 60.8 Å². The number of hydroxylamine groups is 2. The maximum absolute atomic E-state index is 15.0. The number of sulfonamides is 2. The molecule has 0 unspecified atom stereocenters. The number of nitrogens with one attached hydrogen (secondary N) is 2. The van der Waals surface area contributed by atoms with Crippen molar-refractivity contribution in [1.29, 1.82) is 0 Å². The van der Waals surface area contributed by atoms with Crippen LogP contribution in [-0.4, -0.2) is 84.6 Å². The lowest BCUT2D eigenvalue weighted by Gasteiger charge is -2.31. The van der Waals surface area contributed by atoms with Gasteiger partial charge in [0.2, 0.25) is 43.5 Å². The number of benzene rings is 8. The van der Waals surface area contributed by atoms with Gasteiger partial charge in [-0.25, -0.2) is 71.7 Å². The van der Waals surface area contributed by atoms with Crippen LogP contribution in [0, 0.1) is 58.2 Å². The molecule has 8 aromatic rings. The highest BCUT2D eigenvalue weighted by Crippen LogP contribution is 2.40. The fourth-order valence-electron chi connectivity index (χ4n) is 13.9. The van der Waals surface area contributed by atoms with Gasteiger partial charge in [0.1, 0.15) is 30.2 Å². The minimum absolute atomic E-state index is 0.00572. The molecule has 106 heavy (non-hydrogen) atoms. The molecule has 2 atom stereocenters. The lowest BCUT2D eigenvalue weighted by Crippen LogP contribution is -2.48. The molecule has 2 heterocycles. The molecule has 8 aromatic carbocycles. The number of ether oxygens (including phenoxy) is 1. The largest absolute Gasteiger partial charge is 0.507 e. The van der Waals surface area contributed by atoms with Crippen LogP contribution in [0.4, 0.5) is 55.3 Å². The van der Waals surface area contributed by atoms with Crippen molar-refractivity contribution in [3.8, 4) is 11.5 Å². The summed E-state index contributed by atoms with van der Waals surface area (Å²) in [5.74, 6) is -28.2. The van der Waals surface area contributed by atoms with Gasteiger partial charge in [-0.3, -0.25) is 29.2 Å². The van der Waals surface area contributed by atoms with Crippen LogP contribution in [0.2, 0.25) is 0 Å². The smallest absolute Gasteiger partial charge is 0.278 e. The molecule has 30 heteroatoms. The number of carbonyl (C=O) groups is 4. The van der Waals surface area contributed by atoms with E-state index in [0.29, 0.717) is 31.6 Å². The average molecular weight is 1520 g/mol. The number of phenols is 1. The summed E-state index contributed by atoms with van der Waals surface area (Å²) >= 11 is 0. The van der Waals surface area contributed by atoms with Crippen molar-refractivity contribution in [2.45, 2.75) is 150 Å². The topological polar surface area (TPSA) is 232 Å². The molecule has 4 fully saturated rings. The minimum Gasteiger partial charge on any atom is -0.507 e. The zero-order chi connectivity index (χ0) is 75.7. The monoisotopic (exact) mass is 1510 g/mol. The third-order valence-corrected chi connectivity index (χ3v) is 23.3. The fourth-order valence-corrected chi connectivity index (χ4v) is 17.4. The molecule has 2 aliphatic carbocycles. The molecule has 2 saturated heterocycles. The molecular formula is C76H72F10N6O12S2. The van der Waals surface area contributed by atoms with E-state index in [4.69, 9.17) is 14.8 Å². The second kappa shape index (κ2) is 33.8. The molecular weight excluding hydrogens is 1440 g/mol. The second-order valence-corrected chi connectivity index (χ2v) is 29.8. The van der Waals surface area contributed by atoms with E-state index >= 15 is 0 Å². The molecule has 12 rings (SSSR count). The maximum Gasteiger partial charge on any atom is 0.278 e. The van der Waals surface area contributed by atoms with Crippen molar-refractivity contribution in [3.05, 3.63) is 248 Å². The van der Waals surface area contributed by atoms with E-state index < -0.39 is 143 Å². The molecule has 4 amide bonds. The van der Waals surface area contributed by atoms with Gasteiger partial charge in [0.05, 0.1) is 30.8 Å². The van der Waals surface area contributed by atoms with Gasteiger partial charge in [-0.05, 0) is 121 Å². The molecule has 0 aromatic heterocycles. The minimum atomic E-state index is -5.46. The van der Waals surface area contributed by atoms with Crippen molar-refractivity contribution < 1.29 is 99.8 Å². The number of aromatic hydroxyl groups is 1. The van der Waals surface area contributed by atoms with Crippen LogP contribution in [0.1, 0.15) is 156 Å². The SMILES string of the molecule is O=C(NO)c1ccc(N(Cc2ccc(C3CCCCC3)cc2)C(=O)[C@H]2CCCN2S(=O)(=O)c2c(F)c(F)c(F)c(F)c2F)cc1O.O=C(NOCc1ccccc1)c1ccc(N(Cc2ccc(C3CCCCC3)cc2)C(=O)[C@H]2CCCN2S(=O)(=O)c2c(F)c(F)c(F)c(F)c2F)cc1OCc1ccccc1. The summed E-state index contributed by atoms with van der Waals surface area (Å²) in [7, 11) is -10.9. The number of carbonyl (C=O) groups excluding carboxylic acids is 4. The van der Waals surface area contributed by atoms with Gasteiger partial charge in [0, 0.05) is 36.6 Å². The standard InChI is InChI=1S/C45H42F5N3O6S.C31H30F5N3O6S/c46-38-39(47)41(49)43(42(50)40(38)48)60(56,57)53-24-10-17-36(53)45(55)52(26-29-18-20-33(21-19-29)32-15-8-3-9-16-32)34-22-23-35(37(25-34)58-27-30-11-4-1-5-12-30)44(54)51-59-28-31-13-6-2-7-14-31;32-24-25(33)27(35)29(28(36)26(24)34)46(44,45)39-14-4-7-22(39)31(42)38(20-12-13-21(23(40)15-20)30(41)37-43)16-17-8-10-19(11-9-17)18-5-2-1-3-6-18/h1-2,4-7,11-14,18-23,25,32,36H,3,8-10,15-17,24,26-28H2,(H,51,54);8-13,15,18,22,40,43H,1-7,14,16H2,(H,37,41)/t36-;22-/m11/s1. The van der Waals surface area contributed by atoms with E-state index in [0.717, 1.165) is 90.7 Å². The Balaban J connectivity index is 0.000000219. The van der Waals surface area contributed by atoms with Crippen LogP contribution in [0.5, 0.6) is 11.5 Å². The van der Waals surface area contributed by atoms with Gasteiger partial charge in [0.15, 0.2) is 56.3 Å². The number of halogens is 10. The third-order valence-electron chi connectivity index (χ3n) is 19.4. The summed E-state index contributed by atoms with van der Waals surface area (Å²) < 4.78 is 205. The Labute approximate surface area is 604 Å². The number of nitrogens with zero attached hydrogens (tertiary/aromatic N) is 4. The van der Waals surface area contributed by atoms with E-state index in [9.17, 15) is 85.0 Å². The van der Waals surface area contributed by atoms with Gasteiger partial charge < -0.3 is 19.6 Å². The fraction of sp³-hybridized carbons (Fsp3) is 0.316. The van der Waals surface area contributed by atoms with Crippen molar-refractivity contribution in [3.63, 3.8) is 0 Å². The highest BCUT2D eigenvalue weighted by Gasteiger charge is 2.48. The zero-order valence-corrected chi connectivity index (χ0v) is 58.3. The van der Waals surface area contributed by atoms with Crippen LogP contribution in [0.15, 0.2) is 155 Å². The van der Waals surface area contributed by atoms with E-state index in [2.05, 4.69) is 5.48 Å². The van der Waals surface area contributed by atoms with Gasteiger partial charge in [-0.1, -0.05) is 148 Å². The van der Waals surface area contributed by atoms with E-state index in [1.807, 2.05) is 97.1 Å². The summed E-state index contributed by atoms with van der Waals surface area (Å²) in [5.41, 5.74) is 8.75. The summed E-state index contributed by atoms with van der Waals surface area (Å²) in [5, 5.41) is 19.5. The number of amides is 4. The molecule has 4 aliphatic rings. The highest BCUT2D eigenvalue weighted by molar-refractivity contribution is 7.89. The Kier molecular flexibility index (Phi) is 24.7. The van der Waals surface area contributed by atoms with Crippen molar-refractivity contribution >= 4 is 55.1 Å². The molecule has 0 radical (unpaired) electrons. The molecule has 18 nitrogen and oxygen atoms in total. The Morgan fingerprint density at radius 2 is 0.821 bits per heavy atom. The van der Waals surface area contributed by atoms with Crippen LogP contribution in [0.3, 0.4) is 0 Å². The predicted octanol–water partition coefficient (Wildman–Crippen LogP) is 14.9. The van der Waals surface area contributed by atoms with E-state index in [-0.39, 0.29) is 80.2 Å². The Hall–Kier alpha value is -9.72. The molecule has 2 aliphatic heterocycles. The first kappa shape index (κ1) is 77.4. The molecule has 0 spiro atoms. The Morgan fingerprint density at radius 1 is 0.434 bits per heavy atom. The lowest BCUT2D eigenvalue weighted by atomic mass is 9.84. The van der Waals surface area contributed by atoms with E-state index in [1.54, 1.807) is 12.1 Å². The first-order valence-electron chi connectivity index (χ1n) is 34.2. The van der Waals surface area contributed by atoms with Crippen LogP contribution < -0.4 is 25.5 Å². The first-order valence-corrected chi connectivity index (χ1v) is 37.1. The van der Waals surface area contributed by atoms with Crippen molar-refractivity contribution in [1.82, 2.24) is 19.6 Å².